The molecular weight excluding hydrogens is 306 g/mol. The van der Waals surface area contributed by atoms with Gasteiger partial charge < -0.3 is 14.8 Å². The molecule has 2 aromatic rings. The second-order valence-corrected chi connectivity index (χ2v) is 5.57. The molecule has 0 aliphatic carbocycles. The number of nitrogens with one attached hydrogen (secondary N) is 1. The molecule has 2 rings (SSSR count). The first-order valence-electron chi connectivity index (χ1n) is 6.62. The highest BCUT2D eigenvalue weighted by molar-refractivity contribution is 7.80. The summed E-state index contributed by atoms with van der Waals surface area (Å²) in [5.74, 6) is 1.13. The van der Waals surface area contributed by atoms with E-state index >= 15 is 0 Å². The molecule has 1 aromatic heterocycles. The number of benzene rings is 1. The molecule has 0 aliphatic heterocycles. The molecule has 4 nitrogen and oxygen atoms in total. The summed E-state index contributed by atoms with van der Waals surface area (Å²) < 4.78 is 11.0. The van der Waals surface area contributed by atoms with Crippen molar-refractivity contribution in [1.82, 2.24) is 0 Å². The van der Waals surface area contributed by atoms with Crippen LogP contribution in [-0.2, 0) is 0 Å². The molecule has 0 saturated carbocycles. The first-order valence-corrected chi connectivity index (χ1v) is 7.95. The zero-order valence-electron chi connectivity index (χ0n) is 11.9. The maximum absolute atomic E-state index is 12.2. The molecule has 1 heterocycles. The number of thiol groups is 1. The number of hydrogen-bond acceptors (Lipinski definition) is 5. The van der Waals surface area contributed by atoms with Crippen LogP contribution in [0.4, 0.5) is 5.69 Å². The highest BCUT2D eigenvalue weighted by Gasteiger charge is 2.13. The second-order valence-electron chi connectivity index (χ2n) is 4.15. The number of carbonyl (C=O) groups is 1. The fourth-order valence-electron chi connectivity index (χ4n) is 1.77. The van der Waals surface area contributed by atoms with E-state index in [1.165, 1.54) is 11.3 Å². The van der Waals surface area contributed by atoms with E-state index in [-0.39, 0.29) is 5.91 Å². The van der Waals surface area contributed by atoms with E-state index in [1.54, 1.807) is 18.2 Å². The predicted octanol–water partition coefficient (Wildman–Crippen LogP) is 4.09. The molecule has 21 heavy (non-hydrogen) atoms. The van der Waals surface area contributed by atoms with Crippen molar-refractivity contribution in [3.8, 4) is 11.5 Å². The van der Waals surface area contributed by atoms with Crippen molar-refractivity contribution in [3.05, 3.63) is 34.5 Å². The van der Waals surface area contributed by atoms with Gasteiger partial charge in [-0.3, -0.25) is 4.79 Å². The van der Waals surface area contributed by atoms with Crippen molar-refractivity contribution in [3.63, 3.8) is 0 Å². The van der Waals surface area contributed by atoms with E-state index in [2.05, 4.69) is 17.9 Å². The van der Waals surface area contributed by atoms with Gasteiger partial charge in [0.05, 0.1) is 23.8 Å². The summed E-state index contributed by atoms with van der Waals surface area (Å²) in [5.41, 5.74) is 0.599. The van der Waals surface area contributed by atoms with Gasteiger partial charge >= 0.3 is 0 Å². The third-order valence-electron chi connectivity index (χ3n) is 2.62. The van der Waals surface area contributed by atoms with E-state index in [1.807, 2.05) is 25.3 Å². The highest BCUT2D eigenvalue weighted by Crippen LogP contribution is 2.30. The van der Waals surface area contributed by atoms with E-state index < -0.39 is 0 Å². The Hall–Kier alpha value is -1.66. The Kier molecular flexibility index (Phi) is 5.52. The first kappa shape index (κ1) is 15.7. The fraction of sp³-hybridized carbons (Fsp3) is 0.267. The standard InChI is InChI=1S/C15H17NO3S2/c1-3-18-10-5-6-13(19-4-2)12(7-10)16-15(17)14-8-11(20)9-21-14/h5-9,20H,3-4H2,1-2H3,(H,16,17). The van der Waals surface area contributed by atoms with Crippen molar-refractivity contribution >= 4 is 35.6 Å². The fourth-order valence-corrected chi connectivity index (χ4v) is 2.82. The van der Waals surface area contributed by atoms with Crippen LogP contribution in [0, 0.1) is 0 Å². The second kappa shape index (κ2) is 7.38. The van der Waals surface area contributed by atoms with Crippen LogP contribution in [0.2, 0.25) is 0 Å². The lowest BCUT2D eigenvalue weighted by molar-refractivity contribution is 0.103. The summed E-state index contributed by atoms with van der Waals surface area (Å²) in [4.78, 5) is 13.6. The number of ether oxygens (including phenoxy) is 2. The SMILES string of the molecule is CCOc1ccc(OCC)c(NC(=O)c2cc(S)cs2)c1. The average molecular weight is 323 g/mol. The Labute approximate surface area is 133 Å². The number of rotatable bonds is 6. The molecule has 6 heteroatoms. The maximum Gasteiger partial charge on any atom is 0.265 e. The van der Waals surface area contributed by atoms with Crippen molar-refractivity contribution in [2.45, 2.75) is 18.7 Å². The Morgan fingerprint density at radius 2 is 2.00 bits per heavy atom. The quantitative estimate of drug-likeness (QED) is 0.787. The predicted molar refractivity (Wildman–Crippen MR) is 88.3 cm³/mol. The van der Waals surface area contributed by atoms with Crippen molar-refractivity contribution in [2.75, 3.05) is 18.5 Å². The number of carbonyl (C=O) groups excluding carboxylic acids is 1. The lowest BCUT2D eigenvalue weighted by Crippen LogP contribution is -2.11. The number of anilines is 1. The van der Waals surface area contributed by atoms with Crippen LogP contribution in [0.25, 0.3) is 0 Å². The summed E-state index contributed by atoms with van der Waals surface area (Å²) in [6.07, 6.45) is 0. The lowest BCUT2D eigenvalue weighted by atomic mass is 10.2. The normalized spacial score (nSPS) is 10.2. The molecule has 1 N–H and O–H groups in total. The number of hydrogen-bond donors (Lipinski definition) is 2. The molecule has 0 radical (unpaired) electrons. The zero-order valence-corrected chi connectivity index (χ0v) is 13.6. The Morgan fingerprint density at radius 1 is 1.24 bits per heavy atom. The molecule has 1 amide bonds. The van der Waals surface area contributed by atoms with Crippen LogP contribution in [0.5, 0.6) is 11.5 Å². The molecule has 0 fully saturated rings. The van der Waals surface area contributed by atoms with Crippen LogP contribution in [0.3, 0.4) is 0 Å². The molecule has 0 atom stereocenters. The van der Waals surface area contributed by atoms with Gasteiger partial charge in [0.15, 0.2) is 0 Å². The van der Waals surface area contributed by atoms with Crippen LogP contribution in [-0.4, -0.2) is 19.1 Å². The summed E-state index contributed by atoms with van der Waals surface area (Å²) >= 11 is 5.56. The lowest BCUT2D eigenvalue weighted by Gasteiger charge is -2.13. The smallest absolute Gasteiger partial charge is 0.265 e. The van der Waals surface area contributed by atoms with Crippen LogP contribution >= 0.6 is 24.0 Å². The molecular formula is C15H17NO3S2. The summed E-state index contributed by atoms with van der Waals surface area (Å²) in [6.45, 7) is 4.90. The molecule has 0 aliphatic rings. The molecule has 0 spiro atoms. The number of thiophene rings is 1. The molecule has 0 saturated heterocycles. The number of amides is 1. The monoisotopic (exact) mass is 323 g/mol. The van der Waals surface area contributed by atoms with Gasteiger partial charge in [-0.1, -0.05) is 0 Å². The highest BCUT2D eigenvalue weighted by atomic mass is 32.1. The third kappa shape index (κ3) is 4.15. The van der Waals surface area contributed by atoms with Crippen molar-refractivity contribution in [2.24, 2.45) is 0 Å². The van der Waals surface area contributed by atoms with E-state index in [9.17, 15) is 4.79 Å². The zero-order chi connectivity index (χ0) is 15.2. The van der Waals surface area contributed by atoms with Crippen LogP contribution in [0.15, 0.2) is 34.5 Å². The van der Waals surface area contributed by atoms with E-state index in [4.69, 9.17) is 9.47 Å². The average Bonchev–Trinajstić information content (AvgIpc) is 2.89. The maximum atomic E-state index is 12.2. The van der Waals surface area contributed by atoms with E-state index in [0.717, 1.165) is 4.90 Å². The van der Waals surface area contributed by atoms with Gasteiger partial charge in [-0.25, -0.2) is 0 Å². The van der Waals surface area contributed by atoms with Crippen LogP contribution < -0.4 is 14.8 Å². The van der Waals surface area contributed by atoms with Gasteiger partial charge in [0, 0.05) is 16.3 Å². The molecule has 112 valence electrons. The minimum atomic E-state index is -0.185. The first-order chi connectivity index (χ1) is 10.1. The minimum Gasteiger partial charge on any atom is -0.494 e. The topological polar surface area (TPSA) is 47.6 Å². The van der Waals surface area contributed by atoms with Gasteiger partial charge in [-0.2, -0.15) is 0 Å². The van der Waals surface area contributed by atoms with Crippen molar-refractivity contribution < 1.29 is 14.3 Å². The van der Waals surface area contributed by atoms with Gasteiger partial charge in [0.1, 0.15) is 11.5 Å². The van der Waals surface area contributed by atoms with Crippen molar-refractivity contribution in [1.29, 1.82) is 0 Å². The van der Waals surface area contributed by atoms with Gasteiger partial charge in [-0.05, 0) is 32.0 Å². The van der Waals surface area contributed by atoms with Gasteiger partial charge in [-0.15, -0.1) is 24.0 Å². The Morgan fingerprint density at radius 3 is 2.62 bits per heavy atom. The summed E-state index contributed by atoms with van der Waals surface area (Å²) in [7, 11) is 0. The minimum absolute atomic E-state index is 0.185. The van der Waals surface area contributed by atoms with Gasteiger partial charge in [0.25, 0.3) is 5.91 Å². The van der Waals surface area contributed by atoms with Gasteiger partial charge in [0.2, 0.25) is 0 Å². The largest absolute Gasteiger partial charge is 0.494 e. The Bertz CT molecular complexity index is 625. The molecule has 0 unspecified atom stereocenters. The summed E-state index contributed by atoms with van der Waals surface area (Å²) in [6, 6.07) is 7.11. The summed E-state index contributed by atoms with van der Waals surface area (Å²) in [5, 5.41) is 4.67. The molecule has 1 aromatic carbocycles. The van der Waals surface area contributed by atoms with E-state index in [0.29, 0.717) is 35.3 Å². The Balaban J connectivity index is 2.23. The van der Waals surface area contributed by atoms with Crippen LogP contribution in [0.1, 0.15) is 23.5 Å². The third-order valence-corrected chi connectivity index (χ3v) is 3.98. The molecule has 0 bridgehead atoms.